The Morgan fingerprint density at radius 2 is 1.95 bits per heavy atom. The third-order valence-corrected chi connectivity index (χ3v) is 4.68. The van der Waals surface area contributed by atoms with Crippen LogP contribution >= 0.6 is 0 Å². The molecule has 0 saturated heterocycles. The molecule has 0 bridgehead atoms. The second-order valence-electron chi connectivity index (χ2n) is 6.94. The van der Waals surface area contributed by atoms with Gasteiger partial charge in [0.25, 0.3) is 0 Å². The first-order valence-corrected chi connectivity index (χ1v) is 8.13. The Kier molecular flexibility index (Phi) is 5.74. The fraction of sp³-hybridized carbons (Fsp3) is 0.667. The van der Waals surface area contributed by atoms with E-state index in [1.165, 1.54) is 31.0 Å². The predicted octanol–water partition coefficient (Wildman–Crippen LogP) is 4.56. The summed E-state index contributed by atoms with van der Waals surface area (Å²) in [5.41, 5.74) is 0.531. The van der Waals surface area contributed by atoms with Crippen LogP contribution in [0.25, 0.3) is 0 Å². The van der Waals surface area contributed by atoms with Crippen molar-refractivity contribution in [2.75, 3.05) is 6.54 Å². The molecule has 0 radical (unpaired) electrons. The molecular formula is C18H27F2N. The van der Waals surface area contributed by atoms with E-state index in [0.29, 0.717) is 35.8 Å². The monoisotopic (exact) mass is 295 g/mol. The summed E-state index contributed by atoms with van der Waals surface area (Å²) in [7, 11) is 0. The Morgan fingerprint density at radius 1 is 1.19 bits per heavy atom. The van der Waals surface area contributed by atoms with Crippen LogP contribution in [0.5, 0.6) is 0 Å². The van der Waals surface area contributed by atoms with Gasteiger partial charge in [0.1, 0.15) is 11.6 Å². The second-order valence-corrected chi connectivity index (χ2v) is 6.94. The van der Waals surface area contributed by atoms with Crippen molar-refractivity contribution in [3.05, 3.63) is 35.4 Å². The molecular weight excluding hydrogens is 268 g/mol. The fourth-order valence-corrected chi connectivity index (χ4v) is 3.45. The molecule has 1 aromatic rings. The molecule has 1 aliphatic carbocycles. The molecule has 21 heavy (non-hydrogen) atoms. The van der Waals surface area contributed by atoms with Crippen LogP contribution in [0.2, 0.25) is 0 Å². The van der Waals surface area contributed by atoms with Gasteiger partial charge in [0.15, 0.2) is 0 Å². The number of hydrogen-bond donors (Lipinski definition) is 1. The highest BCUT2D eigenvalue weighted by Gasteiger charge is 2.29. The summed E-state index contributed by atoms with van der Waals surface area (Å²) < 4.78 is 27.2. The topological polar surface area (TPSA) is 12.0 Å². The minimum atomic E-state index is -0.341. The average Bonchev–Trinajstić information content (AvgIpc) is 2.42. The Bertz CT molecular complexity index is 459. The van der Waals surface area contributed by atoms with E-state index in [9.17, 15) is 8.78 Å². The zero-order valence-electron chi connectivity index (χ0n) is 13.3. The smallest absolute Gasteiger partial charge is 0.126 e. The number of hydrogen-bond acceptors (Lipinski definition) is 1. The SMILES string of the molecule is CC1CCC(CNC(C)C)C(Cc2cc(F)ccc2F)C1. The number of benzene rings is 1. The van der Waals surface area contributed by atoms with E-state index in [1.807, 2.05) is 0 Å². The van der Waals surface area contributed by atoms with Crippen molar-refractivity contribution in [3.8, 4) is 0 Å². The van der Waals surface area contributed by atoms with Crippen molar-refractivity contribution in [2.24, 2.45) is 17.8 Å². The van der Waals surface area contributed by atoms with Gasteiger partial charge in [-0.3, -0.25) is 0 Å². The van der Waals surface area contributed by atoms with Crippen molar-refractivity contribution in [3.63, 3.8) is 0 Å². The molecule has 1 N–H and O–H groups in total. The Morgan fingerprint density at radius 3 is 2.67 bits per heavy atom. The summed E-state index contributed by atoms with van der Waals surface area (Å²) in [6.07, 6.45) is 4.19. The second kappa shape index (κ2) is 7.35. The van der Waals surface area contributed by atoms with Gasteiger partial charge < -0.3 is 5.32 Å². The van der Waals surface area contributed by atoms with Gasteiger partial charge in [-0.05, 0) is 67.3 Å². The lowest BCUT2D eigenvalue weighted by Gasteiger charge is -2.36. The quantitative estimate of drug-likeness (QED) is 0.840. The summed E-state index contributed by atoms with van der Waals surface area (Å²) in [5.74, 6) is 1.07. The van der Waals surface area contributed by atoms with Gasteiger partial charge >= 0.3 is 0 Å². The molecule has 118 valence electrons. The molecule has 0 heterocycles. The van der Waals surface area contributed by atoms with Crippen molar-refractivity contribution in [1.29, 1.82) is 0 Å². The number of halogens is 2. The van der Waals surface area contributed by atoms with Gasteiger partial charge in [0, 0.05) is 6.04 Å². The Labute approximate surface area is 127 Å². The summed E-state index contributed by atoms with van der Waals surface area (Å²) in [6.45, 7) is 7.53. The lowest BCUT2D eigenvalue weighted by molar-refractivity contribution is 0.180. The maximum absolute atomic E-state index is 13.9. The summed E-state index contributed by atoms with van der Waals surface area (Å²) in [4.78, 5) is 0. The largest absolute Gasteiger partial charge is 0.314 e. The van der Waals surface area contributed by atoms with Crippen LogP contribution in [-0.4, -0.2) is 12.6 Å². The molecule has 1 aliphatic rings. The van der Waals surface area contributed by atoms with E-state index in [4.69, 9.17) is 0 Å². The highest BCUT2D eigenvalue weighted by atomic mass is 19.1. The van der Waals surface area contributed by atoms with Crippen molar-refractivity contribution >= 4 is 0 Å². The lowest BCUT2D eigenvalue weighted by atomic mass is 9.72. The van der Waals surface area contributed by atoms with Gasteiger partial charge in [-0.25, -0.2) is 8.78 Å². The molecule has 1 saturated carbocycles. The third kappa shape index (κ3) is 4.77. The van der Waals surface area contributed by atoms with Gasteiger partial charge in [-0.15, -0.1) is 0 Å². The Hall–Kier alpha value is -0.960. The van der Waals surface area contributed by atoms with Gasteiger partial charge in [0.05, 0.1) is 0 Å². The molecule has 1 nitrogen and oxygen atoms in total. The molecule has 0 aromatic heterocycles. The number of rotatable bonds is 5. The molecule has 1 fully saturated rings. The normalized spacial score (nSPS) is 26.3. The summed E-state index contributed by atoms with van der Waals surface area (Å²) >= 11 is 0. The predicted molar refractivity (Wildman–Crippen MR) is 83.2 cm³/mol. The van der Waals surface area contributed by atoms with E-state index in [1.54, 1.807) is 0 Å². The lowest BCUT2D eigenvalue weighted by Crippen LogP contribution is -2.36. The van der Waals surface area contributed by atoms with E-state index in [0.717, 1.165) is 13.0 Å². The molecule has 1 aromatic carbocycles. The van der Waals surface area contributed by atoms with Crippen LogP contribution in [0.4, 0.5) is 8.78 Å². The first-order valence-electron chi connectivity index (χ1n) is 8.13. The Balaban J connectivity index is 2.07. The first-order chi connectivity index (χ1) is 9.95. The van der Waals surface area contributed by atoms with Crippen LogP contribution in [0.15, 0.2) is 18.2 Å². The highest BCUT2D eigenvalue weighted by Crippen LogP contribution is 2.36. The summed E-state index contributed by atoms with van der Waals surface area (Å²) in [6, 6.07) is 4.27. The van der Waals surface area contributed by atoms with Crippen LogP contribution in [0.3, 0.4) is 0 Å². The fourth-order valence-electron chi connectivity index (χ4n) is 3.45. The van der Waals surface area contributed by atoms with E-state index in [-0.39, 0.29) is 11.6 Å². The highest BCUT2D eigenvalue weighted by molar-refractivity contribution is 5.19. The van der Waals surface area contributed by atoms with Crippen molar-refractivity contribution < 1.29 is 8.78 Å². The minimum absolute atomic E-state index is 0.273. The first kappa shape index (κ1) is 16.4. The maximum atomic E-state index is 13.9. The molecule has 0 spiro atoms. The molecule has 3 heteroatoms. The van der Waals surface area contributed by atoms with Crippen LogP contribution < -0.4 is 5.32 Å². The van der Waals surface area contributed by atoms with Crippen LogP contribution in [0.1, 0.15) is 45.6 Å². The number of nitrogens with one attached hydrogen (secondary N) is 1. The van der Waals surface area contributed by atoms with Gasteiger partial charge in [0.2, 0.25) is 0 Å². The van der Waals surface area contributed by atoms with Crippen LogP contribution in [0, 0.1) is 29.4 Å². The van der Waals surface area contributed by atoms with Gasteiger partial charge in [-0.1, -0.05) is 27.2 Å². The van der Waals surface area contributed by atoms with E-state index < -0.39 is 0 Å². The molecule has 3 unspecified atom stereocenters. The summed E-state index contributed by atoms with van der Waals surface area (Å²) in [5, 5.41) is 3.50. The zero-order chi connectivity index (χ0) is 15.4. The zero-order valence-corrected chi connectivity index (χ0v) is 13.3. The molecule has 0 amide bonds. The standard InChI is InChI=1S/C18H27F2N/c1-12(2)21-11-14-5-4-13(3)8-15(14)9-16-10-17(19)6-7-18(16)20/h6-7,10,12-15,21H,4-5,8-9,11H2,1-3H3. The third-order valence-electron chi connectivity index (χ3n) is 4.68. The van der Waals surface area contributed by atoms with E-state index >= 15 is 0 Å². The average molecular weight is 295 g/mol. The van der Waals surface area contributed by atoms with Crippen LogP contribution in [-0.2, 0) is 6.42 Å². The van der Waals surface area contributed by atoms with Crippen molar-refractivity contribution in [2.45, 2.75) is 52.5 Å². The maximum Gasteiger partial charge on any atom is 0.126 e. The molecule has 2 rings (SSSR count). The minimum Gasteiger partial charge on any atom is -0.314 e. The van der Waals surface area contributed by atoms with E-state index in [2.05, 4.69) is 26.1 Å². The van der Waals surface area contributed by atoms with Gasteiger partial charge in [-0.2, -0.15) is 0 Å². The van der Waals surface area contributed by atoms with Crippen molar-refractivity contribution in [1.82, 2.24) is 5.32 Å². The molecule has 0 aliphatic heterocycles. The molecule has 3 atom stereocenters.